The van der Waals surface area contributed by atoms with Crippen LogP contribution in [0.1, 0.15) is 26.5 Å². The van der Waals surface area contributed by atoms with E-state index in [9.17, 15) is 4.79 Å². The Balaban J connectivity index is 2.06. The number of nitrogens with one attached hydrogen (secondary N) is 1. The van der Waals surface area contributed by atoms with Gasteiger partial charge in [0.25, 0.3) is 0 Å². The van der Waals surface area contributed by atoms with Gasteiger partial charge in [0, 0.05) is 11.4 Å². The molecule has 0 spiro atoms. The van der Waals surface area contributed by atoms with Crippen molar-refractivity contribution in [3.8, 4) is 0 Å². The molecule has 1 aromatic carbocycles. The Morgan fingerprint density at radius 3 is 2.83 bits per heavy atom. The molecule has 0 atom stereocenters. The minimum absolute atomic E-state index is 0.306. The SMILES string of the molecule is Cc1nc(NCc2cccc(C(=O)O)c2)sc1C. The second kappa shape index (κ2) is 5.18. The molecule has 0 bridgehead atoms. The fraction of sp³-hybridized carbons (Fsp3) is 0.231. The standard InChI is InChI=1S/C13H14N2O2S/c1-8-9(2)18-13(15-8)14-7-10-4-3-5-11(6-10)12(16)17/h3-6H,7H2,1-2H3,(H,14,15)(H,16,17). The largest absolute Gasteiger partial charge is 0.478 e. The third-order valence-electron chi connectivity index (χ3n) is 2.65. The quantitative estimate of drug-likeness (QED) is 0.889. The molecule has 94 valence electrons. The monoisotopic (exact) mass is 262 g/mol. The van der Waals surface area contributed by atoms with Gasteiger partial charge in [0.1, 0.15) is 0 Å². The molecule has 1 aromatic heterocycles. The molecule has 1 heterocycles. The topological polar surface area (TPSA) is 62.2 Å². The third-order valence-corrected chi connectivity index (χ3v) is 3.68. The summed E-state index contributed by atoms with van der Waals surface area (Å²) in [4.78, 5) is 16.4. The molecule has 5 heteroatoms. The molecular weight excluding hydrogens is 248 g/mol. The maximum atomic E-state index is 10.8. The number of carboxylic acids is 1. The summed E-state index contributed by atoms with van der Waals surface area (Å²) in [6, 6.07) is 6.90. The molecule has 0 saturated carbocycles. The second-order valence-electron chi connectivity index (χ2n) is 4.02. The van der Waals surface area contributed by atoms with Gasteiger partial charge in [-0.05, 0) is 31.5 Å². The van der Waals surface area contributed by atoms with Gasteiger partial charge in [-0.2, -0.15) is 0 Å². The molecule has 0 fully saturated rings. The van der Waals surface area contributed by atoms with E-state index in [0.717, 1.165) is 16.4 Å². The van der Waals surface area contributed by atoms with E-state index in [4.69, 9.17) is 5.11 Å². The number of thiazole rings is 1. The van der Waals surface area contributed by atoms with Crippen LogP contribution in [-0.2, 0) is 6.54 Å². The maximum Gasteiger partial charge on any atom is 0.335 e. The van der Waals surface area contributed by atoms with Gasteiger partial charge in [0.2, 0.25) is 0 Å². The van der Waals surface area contributed by atoms with Crippen LogP contribution in [0.3, 0.4) is 0 Å². The predicted molar refractivity (Wildman–Crippen MR) is 72.3 cm³/mol. The van der Waals surface area contributed by atoms with Crippen LogP contribution in [0.2, 0.25) is 0 Å². The van der Waals surface area contributed by atoms with Crippen molar-refractivity contribution in [3.63, 3.8) is 0 Å². The van der Waals surface area contributed by atoms with Crippen molar-refractivity contribution < 1.29 is 9.90 Å². The van der Waals surface area contributed by atoms with Gasteiger partial charge in [0.15, 0.2) is 5.13 Å². The first-order valence-electron chi connectivity index (χ1n) is 5.56. The van der Waals surface area contributed by atoms with E-state index in [-0.39, 0.29) is 0 Å². The van der Waals surface area contributed by atoms with Crippen molar-refractivity contribution in [3.05, 3.63) is 46.0 Å². The van der Waals surface area contributed by atoms with E-state index < -0.39 is 5.97 Å². The fourth-order valence-corrected chi connectivity index (χ4v) is 2.35. The van der Waals surface area contributed by atoms with Crippen molar-refractivity contribution >= 4 is 22.4 Å². The summed E-state index contributed by atoms with van der Waals surface area (Å²) in [7, 11) is 0. The molecule has 0 saturated heterocycles. The number of hydrogen-bond donors (Lipinski definition) is 2. The average molecular weight is 262 g/mol. The van der Waals surface area contributed by atoms with Gasteiger partial charge in [0.05, 0.1) is 11.3 Å². The molecule has 2 N–H and O–H groups in total. The summed E-state index contributed by atoms with van der Waals surface area (Å²) in [5, 5.41) is 13.0. The number of anilines is 1. The van der Waals surface area contributed by atoms with Crippen molar-refractivity contribution in [1.82, 2.24) is 4.98 Å². The number of carbonyl (C=O) groups is 1. The average Bonchev–Trinajstić information content (AvgIpc) is 2.67. The van der Waals surface area contributed by atoms with Crippen LogP contribution in [0.5, 0.6) is 0 Å². The molecule has 0 aliphatic carbocycles. The first-order chi connectivity index (χ1) is 8.56. The zero-order chi connectivity index (χ0) is 13.1. The lowest BCUT2D eigenvalue weighted by atomic mass is 10.1. The third kappa shape index (κ3) is 2.87. The lowest BCUT2D eigenvalue weighted by Gasteiger charge is -2.03. The highest BCUT2D eigenvalue weighted by Gasteiger charge is 2.05. The van der Waals surface area contributed by atoms with Gasteiger partial charge < -0.3 is 10.4 Å². The Labute approximate surface area is 109 Å². The van der Waals surface area contributed by atoms with Gasteiger partial charge in [-0.3, -0.25) is 0 Å². The van der Waals surface area contributed by atoms with Gasteiger partial charge in [-0.1, -0.05) is 12.1 Å². The van der Waals surface area contributed by atoms with E-state index in [1.165, 1.54) is 4.88 Å². The van der Waals surface area contributed by atoms with E-state index in [1.807, 2.05) is 19.9 Å². The number of nitrogens with zero attached hydrogens (tertiary/aromatic N) is 1. The minimum Gasteiger partial charge on any atom is -0.478 e. The highest BCUT2D eigenvalue weighted by molar-refractivity contribution is 7.15. The second-order valence-corrected chi connectivity index (χ2v) is 5.22. The molecule has 0 unspecified atom stereocenters. The fourth-order valence-electron chi connectivity index (χ4n) is 1.54. The molecule has 0 aliphatic rings. The van der Waals surface area contributed by atoms with Gasteiger partial charge >= 0.3 is 5.97 Å². The van der Waals surface area contributed by atoms with Crippen molar-refractivity contribution in [1.29, 1.82) is 0 Å². The van der Waals surface area contributed by atoms with E-state index in [1.54, 1.807) is 29.5 Å². The number of aromatic carboxylic acids is 1. The van der Waals surface area contributed by atoms with Crippen molar-refractivity contribution in [2.45, 2.75) is 20.4 Å². The zero-order valence-corrected chi connectivity index (χ0v) is 11.0. The summed E-state index contributed by atoms with van der Waals surface area (Å²) in [5.41, 5.74) is 2.27. The summed E-state index contributed by atoms with van der Waals surface area (Å²) in [6.07, 6.45) is 0. The Hall–Kier alpha value is -1.88. The number of rotatable bonds is 4. The van der Waals surface area contributed by atoms with E-state index >= 15 is 0 Å². The number of aryl methyl sites for hydroxylation is 2. The molecule has 18 heavy (non-hydrogen) atoms. The minimum atomic E-state index is -0.905. The first-order valence-corrected chi connectivity index (χ1v) is 6.38. The molecular formula is C13H14N2O2S. The van der Waals surface area contributed by atoms with E-state index in [0.29, 0.717) is 12.1 Å². The Kier molecular flexibility index (Phi) is 3.62. The molecule has 2 rings (SSSR count). The van der Waals surface area contributed by atoms with Gasteiger partial charge in [-0.15, -0.1) is 11.3 Å². The van der Waals surface area contributed by atoms with Crippen LogP contribution < -0.4 is 5.32 Å². The normalized spacial score (nSPS) is 10.3. The van der Waals surface area contributed by atoms with Crippen LogP contribution in [0.25, 0.3) is 0 Å². The van der Waals surface area contributed by atoms with Crippen LogP contribution in [0.15, 0.2) is 24.3 Å². The first kappa shape index (κ1) is 12.6. The smallest absolute Gasteiger partial charge is 0.335 e. The van der Waals surface area contributed by atoms with Gasteiger partial charge in [-0.25, -0.2) is 9.78 Å². The molecule has 0 aliphatic heterocycles. The number of carboxylic acid groups (broad SMARTS) is 1. The predicted octanol–water partition coefficient (Wildman–Crippen LogP) is 3.07. The van der Waals surface area contributed by atoms with Crippen LogP contribution in [0.4, 0.5) is 5.13 Å². The molecule has 0 radical (unpaired) electrons. The maximum absolute atomic E-state index is 10.8. The van der Waals surface area contributed by atoms with Crippen molar-refractivity contribution in [2.75, 3.05) is 5.32 Å². The Morgan fingerprint density at radius 1 is 1.44 bits per heavy atom. The number of hydrogen-bond acceptors (Lipinski definition) is 4. The molecule has 0 amide bonds. The lowest BCUT2D eigenvalue weighted by Crippen LogP contribution is -2.02. The highest BCUT2D eigenvalue weighted by atomic mass is 32.1. The lowest BCUT2D eigenvalue weighted by molar-refractivity contribution is 0.0697. The zero-order valence-electron chi connectivity index (χ0n) is 10.2. The summed E-state index contributed by atoms with van der Waals surface area (Å²) < 4.78 is 0. The summed E-state index contributed by atoms with van der Waals surface area (Å²) in [6.45, 7) is 4.58. The molecule has 2 aromatic rings. The highest BCUT2D eigenvalue weighted by Crippen LogP contribution is 2.21. The van der Waals surface area contributed by atoms with Crippen molar-refractivity contribution in [2.24, 2.45) is 0 Å². The van der Waals surface area contributed by atoms with Crippen LogP contribution >= 0.6 is 11.3 Å². The summed E-state index contributed by atoms with van der Waals surface area (Å²) in [5.74, 6) is -0.905. The molecule has 4 nitrogen and oxygen atoms in total. The van der Waals surface area contributed by atoms with E-state index in [2.05, 4.69) is 10.3 Å². The number of benzene rings is 1. The summed E-state index contributed by atoms with van der Waals surface area (Å²) >= 11 is 1.61. The number of aromatic nitrogens is 1. The Bertz CT molecular complexity index is 559. The van der Waals surface area contributed by atoms with Crippen LogP contribution in [-0.4, -0.2) is 16.1 Å². The van der Waals surface area contributed by atoms with Crippen LogP contribution in [0, 0.1) is 13.8 Å². The Morgan fingerprint density at radius 2 is 2.22 bits per heavy atom.